The Hall–Kier alpha value is 0.180. The summed E-state index contributed by atoms with van der Waals surface area (Å²) in [6, 6.07) is 0. The van der Waals surface area contributed by atoms with Gasteiger partial charge in [-0.25, -0.2) is 0 Å². The van der Waals surface area contributed by atoms with Crippen LogP contribution in [-0.2, 0) is 0 Å². The van der Waals surface area contributed by atoms with Gasteiger partial charge in [0.1, 0.15) is 0 Å². The highest BCUT2D eigenvalue weighted by molar-refractivity contribution is 8.04. The first kappa shape index (κ1) is 6.30. The molecule has 1 atom stereocenters. The fraction of sp³-hybridized carbons (Fsp3) is 0.600. The van der Waals surface area contributed by atoms with Crippen molar-refractivity contribution in [3.8, 4) is 0 Å². The molecule has 1 unspecified atom stereocenters. The van der Waals surface area contributed by atoms with Gasteiger partial charge in [-0.15, -0.1) is 0 Å². The van der Waals surface area contributed by atoms with E-state index in [-0.39, 0.29) is 4.83 Å². The molecular weight excluding hydrogens is 142 g/mol. The van der Waals surface area contributed by atoms with Gasteiger partial charge in [0.2, 0.25) is 0 Å². The predicted octanol–water partition coefficient (Wildman–Crippen LogP) is 2.05. The second-order valence-electron chi connectivity index (χ2n) is 1.80. The number of hydrogen-bond acceptors (Lipinski definition) is 2. The Bertz CT molecular complexity index is 124. The maximum Gasteiger partial charge on any atom is 0.154 e. The lowest BCUT2D eigenvalue weighted by Crippen LogP contribution is -2.16. The van der Waals surface area contributed by atoms with Crippen molar-refractivity contribution in [3.05, 3.63) is 11.1 Å². The minimum Gasteiger partial charge on any atom is -0.353 e. The molecule has 1 rings (SSSR count). The zero-order chi connectivity index (χ0) is 6.15. The van der Waals surface area contributed by atoms with E-state index in [9.17, 15) is 0 Å². The Kier molecular flexibility index (Phi) is 1.73. The molecule has 1 aliphatic heterocycles. The molecular formula is C5H8ClNS. The smallest absolute Gasteiger partial charge is 0.154 e. The van der Waals surface area contributed by atoms with Crippen molar-refractivity contribution >= 4 is 23.4 Å². The summed E-state index contributed by atoms with van der Waals surface area (Å²) in [4.78, 5) is 2.15. The van der Waals surface area contributed by atoms with Crippen molar-refractivity contribution in [3.63, 3.8) is 0 Å². The molecule has 1 aliphatic rings. The van der Waals surface area contributed by atoms with Crippen molar-refractivity contribution < 1.29 is 0 Å². The highest BCUT2D eigenvalue weighted by atomic mass is 35.5. The molecule has 0 bridgehead atoms. The predicted molar refractivity (Wildman–Crippen MR) is 38.8 cm³/mol. The average molecular weight is 150 g/mol. The van der Waals surface area contributed by atoms with Crippen molar-refractivity contribution in [2.75, 3.05) is 7.05 Å². The summed E-state index contributed by atoms with van der Waals surface area (Å²) in [7, 11) is 1.99. The summed E-state index contributed by atoms with van der Waals surface area (Å²) in [5, 5.41) is 2.07. The van der Waals surface area contributed by atoms with E-state index in [2.05, 4.69) is 12.3 Å². The highest BCUT2D eigenvalue weighted by Gasteiger charge is 2.16. The molecule has 8 heavy (non-hydrogen) atoms. The molecule has 0 N–H and O–H groups in total. The first-order chi connectivity index (χ1) is 3.72. The standard InChI is InChI=1S/C5H8ClNS/c1-4-3-8-5(6)7(4)2/h3,5H,1-2H3. The van der Waals surface area contributed by atoms with E-state index < -0.39 is 0 Å². The van der Waals surface area contributed by atoms with Gasteiger partial charge in [-0.1, -0.05) is 23.4 Å². The van der Waals surface area contributed by atoms with Gasteiger partial charge in [0.15, 0.2) is 4.83 Å². The van der Waals surface area contributed by atoms with E-state index in [1.54, 1.807) is 11.8 Å². The van der Waals surface area contributed by atoms with Crippen LogP contribution in [0.1, 0.15) is 6.92 Å². The van der Waals surface area contributed by atoms with Crippen LogP contribution in [0.25, 0.3) is 0 Å². The fourth-order valence-corrected chi connectivity index (χ4v) is 1.62. The number of rotatable bonds is 0. The average Bonchev–Trinajstić information content (AvgIpc) is 1.98. The highest BCUT2D eigenvalue weighted by Crippen LogP contribution is 2.30. The zero-order valence-corrected chi connectivity index (χ0v) is 6.46. The molecule has 0 saturated carbocycles. The normalized spacial score (nSPS) is 28.6. The number of alkyl halides is 1. The minimum atomic E-state index is 0.120. The van der Waals surface area contributed by atoms with Crippen molar-refractivity contribution in [1.82, 2.24) is 4.90 Å². The van der Waals surface area contributed by atoms with Crippen molar-refractivity contribution in [2.24, 2.45) is 0 Å². The van der Waals surface area contributed by atoms with Gasteiger partial charge in [0, 0.05) is 12.7 Å². The van der Waals surface area contributed by atoms with Crippen LogP contribution < -0.4 is 0 Å². The summed E-state index contributed by atoms with van der Waals surface area (Å²) < 4.78 is 0. The van der Waals surface area contributed by atoms with Gasteiger partial charge >= 0.3 is 0 Å². The largest absolute Gasteiger partial charge is 0.353 e. The maximum atomic E-state index is 5.79. The van der Waals surface area contributed by atoms with E-state index in [0.29, 0.717) is 0 Å². The van der Waals surface area contributed by atoms with Gasteiger partial charge in [-0.05, 0) is 12.3 Å². The molecule has 1 nitrogen and oxygen atoms in total. The number of thioether (sulfide) groups is 1. The van der Waals surface area contributed by atoms with Gasteiger partial charge in [-0.2, -0.15) is 0 Å². The van der Waals surface area contributed by atoms with Gasteiger partial charge < -0.3 is 4.90 Å². The Morgan fingerprint density at radius 1 is 1.88 bits per heavy atom. The lowest BCUT2D eigenvalue weighted by atomic mass is 10.5. The van der Waals surface area contributed by atoms with Gasteiger partial charge in [0.05, 0.1) is 0 Å². The van der Waals surface area contributed by atoms with Gasteiger partial charge in [0.25, 0.3) is 0 Å². The molecule has 0 radical (unpaired) electrons. The second kappa shape index (κ2) is 2.19. The van der Waals surface area contributed by atoms with Crippen LogP contribution in [0.4, 0.5) is 0 Å². The topological polar surface area (TPSA) is 3.24 Å². The van der Waals surface area contributed by atoms with Crippen LogP contribution in [0.5, 0.6) is 0 Å². The van der Waals surface area contributed by atoms with Crippen LogP contribution in [0, 0.1) is 0 Å². The van der Waals surface area contributed by atoms with E-state index in [4.69, 9.17) is 11.6 Å². The summed E-state index contributed by atoms with van der Waals surface area (Å²) in [5.41, 5.74) is 1.25. The van der Waals surface area contributed by atoms with E-state index in [1.165, 1.54) is 5.70 Å². The Morgan fingerprint density at radius 3 is 2.62 bits per heavy atom. The van der Waals surface area contributed by atoms with Crippen LogP contribution in [0.2, 0.25) is 0 Å². The third-order valence-electron chi connectivity index (χ3n) is 1.21. The number of nitrogens with zero attached hydrogens (tertiary/aromatic N) is 1. The summed E-state index contributed by atoms with van der Waals surface area (Å²) in [5.74, 6) is 0. The number of allylic oxidation sites excluding steroid dienone is 1. The first-order valence-electron chi connectivity index (χ1n) is 2.41. The Morgan fingerprint density at radius 2 is 2.50 bits per heavy atom. The Balaban J connectivity index is 2.59. The molecule has 0 aliphatic carbocycles. The quantitative estimate of drug-likeness (QED) is 0.383. The summed E-state index contributed by atoms with van der Waals surface area (Å²) in [6.45, 7) is 2.05. The van der Waals surface area contributed by atoms with E-state index in [0.717, 1.165) is 0 Å². The molecule has 3 heteroatoms. The van der Waals surface area contributed by atoms with E-state index in [1.807, 2.05) is 11.9 Å². The van der Waals surface area contributed by atoms with Crippen LogP contribution in [0.3, 0.4) is 0 Å². The summed E-state index contributed by atoms with van der Waals surface area (Å²) in [6.07, 6.45) is 0. The SMILES string of the molecule is CC1=CSC(Cl)N1C. The molecule has 0 fully saturated rings. The lowest BCUT2D eigenvalue weighted by molar-refractivity contribution is 0.475. The zero-order valence-electron chi connectivity index (χ0n) is 4.89. The maximum absolute atomic E-state index is 5.79. The van der Waals surface area contributed by atoms with Crippen LogP contribution in [-0.4, -0.2) is 16.8 Å². The van der Waals surface area contributed by atoms with E-state index >= 15 is 0 Å². The molecule has 0 amide bonds. The second-order valence-corrected chi connectivity index (χ2v) is 3.42. The molecule has 46 valence electrons. The lowest BCUT2D eigenvalue weighted by Gasteiger charge is -2.15. The van der Waals surface area contributed by atoms with Crippen molar-refractivity contribution in [1.29, 1.82) is 0 Å². The molecule has 0 aromatic heterocycles. The van der Waals surface area contributed by atoms with Gasteiger partial charge in [-0.3, -0.25) is 0 Å². The Labute approximate surface area is 58.7 Å². The fourth-order valence-electron chi connectivity index (χ4n) is 0.489. The third kappa shape index (κ3) is 0.955. The molecule has 1 heterocycles. The van der Waals surface area contributed by atoms with Crippen LogP contribution in [0.15, 0.2) is 11.1 Å². The minimum absolute atomic E-state index is 0.120. The molecule has 0 spiro atoms. The third-order valence-corrected chi connectivity index (χ3v) is 2.83. The number of hydrogen-bond donors (Lipinski definition) is 0. The summed E-state index contributed by atoms with van der Waals surface area (Å²) >= 11 is 7.44. The molecule has 0 aromatic carbocycles. The first-order valence-corrected chi connectivity index (χ1v) is 3.79. The monoisotopic (exact) mass is 149 g/mol. The number of halogens is 1. The van der Waals surface area contributed by atoms with Crippen LogP contribution >= 0.6 is 23.4 Å². The molecule has 0 aromatic rings. The van der Waals surface area contributed by atoms with Crippen molar-refractivity contribution in [2.45, 2.75) is 11.8 Å². The molecule has 0 saturated heterocycles.